The SMILES string of the molecule is N/C(=N\O)c1cccc(-c2ccc3c(c2)c2cc(-c4cccc(/C(N)=N/O)c4)ccc2n3CC(O)COc2ccccn2)c1. The number of ether oxygens (including phenoxy) is 1. The molecule has 1 unspecified atom stereocenters. The summed E-state index contributed by atoms with van der Waals surface area (Å²) in [6, 6.07) is 32.7. The Hall–Kier alpha value is -5.87. The molecule has 4 aromatic carbocycles. The standard InChI is InChI=1S/C34H30N6O4/c35-33(38-42)25-7-3-5-21(15-25)23-10-12-30-28(17-23)29-18-24(22-6-4-8-26(16-22)34(36)39-43)11-13-31(29)40(30)19-27(41)20-44-32-9-1-2-14-37-32/h1-18,27,41-43H,19-20H2,(H2,35,38)(H2,36,39). The zero-order chi connectivity index (χ0) is 30.6. The first-order valence-electron chi connectivity index (χ1n) is 13.9. The predicted molar refractivity (Wildman–Crippen MR) is 171 cm³/mol. The van der Waals surface area contributed by atoms with E-state index in [1.165, 1.54) is 0 Å². The molecule has 44 heavy (non-hydrogen) atoms. The molecule has 0 fully saturated rings. The minimum atomic E-state index is -0.801. The summed E-state index contributed by atoms with van der Waals surface area (Å²) < 4.78 is 7.81. The summed E-state index contributed by atoms with van der Waals surface area (Å²) in [7, 11) is 0. The molecule has 0 radical (unpaired) electrons. The molecule has 0 aliphatic carbocycles. The third kappa shape index (κ3) is 5.61. The van der Waals surface area contributed by atoms with Crippen molar-refractivity contribution in [2.24, 2.45) is 21.8 Å². The van der Waals surface area contributed by atoms with Crippen LogP contribution < -0.4 is 16.2 Å². The van der Waals surface area contributed by atoms with Crippen molar-refractivity contribution in [2.45, 2.75) is 12.6 Å². The van der Waals surface area contributed by atoms with Crippen LogP contribution in [0.1, 0.15) is 11.1 Å². The molecule has 10 nitrogen and oxygen atoms in total. The van der Waals surface area contributed by atoms with Gasteiger partial charge in [-0.15, -0.1) is 0 Å². The Morgan fingerprint density at radius 1 is 0.705 bits per heavy atom. The molecule has 0 aliphatic heterocycles. The fourth-order valence-corrected chi connectivity index (χ4v) is 5.37. The lowest BCUT2D eigenvalue weighted by Crippen LogP contribution is -2.23. The molecule has 0 saturated heterocycles. The molecular formula is C34H30N6O4. The summed E-state index contributed by atoms with van der Waals surface area (Å²) in [5.41, 5.74) is 18.5. The Bertz CT molecular complexity index is 1900. The van der Waals surface area contributed by atoms with E-state index < -0.39 is 6.10 Å². The fourth-order valence-electron chi connectivity index (χ4n) is 5.37. The number of rotatable bonds is 9. The Balaban J connectivity index is 1.45. The maximum Gasteiger partial charge on any atom is 0.213 e. The Morgan fingerprint density at radius 2 is 1.25 bits per heavy atom. The van der Waals surface area contributed by atoms with E-state index >= 15 is 0 Å². The van der Waals surface area contributed by atoms with E-state index in [-0.39, 0.29) is 18.3 Å². The molecule has 0 amide bonds. The number of aliphatic hydroxyl groups excluding tert-OH is 1. The van der Waals surface area contributed by atoms with Crippen LogP contribution in [0.4, 0.5) is 0 Å². The van der Waals surface area contributed by atoms with Gasteiger partial charge in [0.25, 0.3) is 0 Å². The second kappa shape index (κ2) is 12.2. The summed E-state index contributed by atoms with van der Waals surface area (Å²) in [5.74, 6) is 0.515. The van der Waals surface area contributed by atoms with Gasteiger partial charge in [-0.2, -0.15) is 0 Å². The van der Waals surface area contributed by atoms with Crippen LogP contribution in [0.5, 0.6) is 5.88 Å². The van der Waals surface area contributed by atoms with E-state index in [1.807, 2.05) is 66.7 Å². The number of nitrogens with zero attached hydrogens (tertiary/aromatic N) is 4. The number of oxime groups is 2. The first kappa shape index (κ1) is 28.3. The number of benzene rings is 4. The second-order valence-corrected chi connectivity index (χ2v) is 10.3. The fraction of sp³-hybridized carbons (Fsp3) is 0.0882. The molecule has 2 heterocycles. The van der Waals surface area contributed by atoms with E-state index in [2.05, 4.69) is 32.0 Å². The van der Waals surface area contributed by atoms with Crippen molar-refractivity contribution >= 4 is 33.5 Å². The Morgan fingerprint density at radius 3 is 1.75 bits per heavy atom. The molecular weight excluding hydrogens is 556 g/mol. The largest absolute Gasteiger partial charge is 0.475 e. The molecule has 10 heteroatoms. The monoisotopic (exact) mass is 586 g/mol. The number of hydrogen-bond acceptors (Lipinski definition) is 7. The second-order valence-electron chi connectivity index (χ2n) is 10.3. The smallest absolute Gasteiger partial charge is 0.213 e. The quantitative estimate of drug-likeness (QED) is 0.0676. The topological polar surface area (TPSA) is 164 Å². The first-order chi connectivity index (χ1) is 21.4. The highest BCUT2D eigenvalue weighted by atomic mass is 16.5. The van der Waals surface area contributed by atoms with E-state index in [0.717, 1.165) is 44.1 Å². The number of fused-ring (bicyclic) bond motifs is 3. The van der Waals surface area contributed by atoms with Gasteiger partial charge in [0.1, 0.15) is 12.7 Å². The molecule has 6 aromatic rings. The van der Waals surface area contributed by atoms with Gasteiger partial charge in [-0.1, -0.05) is 64.9 Å². The number of amidine groups is 2. The van der Waals surface area contributed by atoms with Crippen LogP contribution in [0.3, 0.4) is 0 Å². The van der Waals surface area contributed by atoms with Crippen LogP contribution in [0.25, 0.3) is 44.1 Å². The highest BCUT2D eigenvalue weighted by Crippen LogP contribution is 2.36. The van der Waals surface area contributed by atoms with Crippen LogP contribution in [-0.2, 0) is 6.54 Å². The van der Waals surface area contributed by atoms with E-state index in [9.17, 15) is 15.5 Å². The summed E-state index contributed by atoms with van der Waals surface area (Å²) in [5, 5.41) is 37.6. The first-order valence-corrected chi connectivity index (χ1v) is 13.9. The van der Waals surface area contributed by atoms with Gasteiger partial charge in [0, 0.05) is 45.2 Å². The summed E-state index contributed by atoms with van der Waals surface area (Å²) in [4.78, 5) is 4.17. The van der Waals surface area contributed by atoms with E-state index in [0.29, 0.717) is 23.6 Å². The predicted octanol–water partition coefficient (Wildman–Crippen LogP) is 5.15. The van der Waals surface area contributed by atoms with Gasteiger partial charge in [0.05, 0.1) is 6.54 Å². The van der Waals surface area contributed by atoms with Crippen molar-refractivity contribution in [1.29, 1.82) is 0 Å². The van der Waals surface area contributed by atoms with Crippen molar-refractivity contribution in [3.63, 3.8) is 0 Å². The van der Waals surface area contributed by atoms with Gasteiger partial charge in [-0.05, 0) is 64.7 Å². The Labute approximate surface area is 252 Å². The van der Waals surface area contributed by atoms with E-state index in [4.69, 9.17) is 16.2 Å². The van der Waals surface area contributed by atoms with Crippen molar-refractivity contribution < 1.29 is 20.3 Å². The van der Waals surface area contributed by atoms with Crippen molar-refractivity contribution in [1.82, 2.24) is 9.55 Å². The molecule has 0 bridgehead atoms. The molecule has 6 rings (SSSR count). The molecule has 0 aliphatic rings. The maximum absolute atomic E-state index is 11.0. The third-order valence-corrected chi connectivity index (χ3v) is 7.52. The molecule has 0 saturated carbocycles. The normalized spacial score (nSPS) is 12.9. The minimum Gasteiger partial charge on any atom is -0.475 e. The lowest BCUT2D eigenvalue weighted by atomic mass is 9.98. The molecule has 220 valence electrons. The molecule has 2 aromatic heterocycles. The highest BCUT2D eigenvalue weighted by Gasteiger charge is 2.17. The average molecular weight is 587 g/mol. The number of aliphatic hydroxyl groups is 1. The van der Waals surface area contributed by atoms with Crippen molar-refractivity contribution in [3.8, 4) is 28.1 Å². The number of nitrogens with two attached hydrogens (primary N) is 2. The van der Waals surface area contributed by atoms with Gasteiger partial charge in [0.2, 0.25) is 5.88 Å². The van der Waals surface area contributed by atoms with Crippen LogP contribution >= 0.6 is 0 Å². The minimum absolute atomic E-state index is 0.0326. The lowest BCUT2D eigenvalue weighted by molar-refractivity contribution is 0.0922. The summed E-state index contributed by atoms with van der Waals surface area (Å²) in [6.45, 7) is 0.374. The summed E-state index contributed by atoms with van der Waals surface area (Å²) >= 11 is 0. The zero-order valence-electron chi connectivity index (χ0n) is 23.6. The van der Waals surface area contributed by atoms with Gasteiger partial charge in [0.15, 0.2) is 11.7 Å². The van der Waals surface area contributed by atoms with Gasteiger partial charge < -0.3 is 36.3 Å². The van der Waals surface area contributed by atoms with Crippen LogP contribution in [-0.4, -0.2) is 49.5 Å². The number of aromatic nitrogens is 2. The number of hydrogen-bond donors (Lipinski definition) is 5. The molecule has 1 atom stereocenters. The van der Waals surface area contributed by atoms with E-state index in [1.54, 1.807) is 30.5 Å². The highest BCUT2D eigenvalue weighted by molar-refractivity contribution is 6.11. The Kier molecular flexibility index (Phi) is 7.81. The third-order valence-electron chi connectivity index (χ3n) is 7.52. The molecule has 7 N–H and O–H groups in total. The number of pyridine rings is 1. The van der Waals surface area contributed by atoms with Crippen LogP contribution in [0.2, 0.25) is 0 Å². The van der Waals surface area contributed by atoms with Gasteiger partial charge in [-0.3, -0.25) is 0 Å². The van der Waals surface area contributed by atoms with Crippen LogP contribution in [0.15, 0.2) is 120 Å². The summed E-state index contributed by atoms with van der Waals surface area (Å²) in [6.07, 6.45) is 0.843. The van der Waals surface area contributed by atoms with Crippen molar-refractivity contribution in [3.05, 3.63) is 120 Å². The maximum atomic E-state index is 11.0. The van der Waals surface area contributed by atoms with Gasteiger partial charge >= 0.3 is 0 Å². The lowest BCUT2D eigenvalue weighted by Gasteiger charge is -2.15. The van der Waals surface area contributed by atoms with Gasteiger partial charge in [-0.25, -0.2) is 4.98 Å². The van der Waals surface area contributed by atoms with Crippen LogP contribution in [0, 0.1) is 0 Å². The molecule has 0 spiro atoms. The van der Waals surface area contributed by atoms with Crippen molar-refractivity contribution in [2.75, 3.05) is 6.61 Å². The average Bonchev–Trinajstić information content (AvgIpc) is 3.38. The zero-order valence-corrected chi connectivity index (χ0v) is 23.6.